The molecule has 1 amide bonds. The fourth-order valence-electron chi connectivity index (χ4n) is 4.98. The van der Waals surface area contributed by atoms with Crippen LogP contribution in [0.4, 0.5) is 5.82 Å². The van der Waals surface area contributed by atoms with Crippen molar-refractivity contribution in [3.8, 4) is 6.07 Å². The van der Waals surface area contributed by atoms with Crippen molar-refractivity contribution < 1.29 is 13.9 Å². The van der Waals surface area contributed by atoms with Crippen LogP contribution in [0.25, 0.3) is 0 Å². The van der Waals surface area contributed by atoms with E-state index in [-0.39, 0.29) is 29.4 Å². The van der Waals surface area contributed by atoms with E-state index in [1.807, 2.05) is 4.90 Å². The number of piperazine rings is 1. The Morgan fingerprint density at radius 3 is 2.61 bits per heavy atom. The zero-order chi connectivity index (χ0) is 23.9. The zero-order valence-corrected chi connectivity index (χ0v) is 20.5. The number of carbonyl (C=O) groups is 1. The minimum Gasteiger partial charge on any atom is -0.472 e. The maximum absolute atomic E-state index is 13.1. The molecule has 0 bridgehead atoms. The van der Waals surface area contributed by atoms with Crippen LogP contribution < -0.4 is 4.90 Å². The third kappa shape index (κ3) is 4.37. The summed E-state index contributed by atoms with van der Waals surface area (Å²) in [5.74, 6) is 1.21. The lowest BCUT2D eigenvalue weighted by Crippen LogP contribution is -2.57. The van der Waals surface area contributed by atoms with Gasteiger partial charge in [-0.2, -0.15) is 5.26 Å². The highest BCUT2D eigenvalue weighted by molar-refractivity contribution is 5.94. The topological polar surface area (TPSA) is 82.6 Å². The average molecular weight is 451 g/mol. The summed E-state index contributed by atoms with van der Waals surface area (Å²) in [5, 5.41) is 10.2. The smallest absolute Gasteiger partial charge is 0.257 e. The molecule has 0 spiro atoms. The summed E-state index contributed by atoms with van der Waals surface area (Å²) in [7, 11) is 0. The van der Waals surface area contributed by atoms with Gasteiger partial charge >= 0.3 is 0 Å². The normalized spacial score (nSPS) is 20.2. The van der Waals surface area contributed by atoms with Crippen molar-refractivity contribution in [2.24, 2.45) is 5.92 Å². The van der Waals surface area contributed by atoms with Crippen molar-refractivity contribution in [1.29, 1.82) is 5.26 Å². The van der Waals surface area contributed by atoms with E-state index in [2.05, 4.69) is 52.5 Å². The molecule has 1 unspecified atom stereocenters. The van der Waals surface area contributed by atoms with Gasteiger partial charge in [-0.15, -0.1) is 0 Å². The van der Waals surface area contributed by atoms with Crippen molar-refractivity contribution in [3.05, 3.63) is 46.5 Å². The van der Waals surface area contributed by atoms with Crippen LogP contribution in [0.3, 0.4) is 0 Å². The Hall–Kier alpha value is -2.85. The number of hydrogen-bond donors (Lipinski definition) is 0. The molecule has 2 aromatic heterocycles. The number of aromatic nitrogens is 1. The Morgan fingerprint density at radius 1 is 1.24 bits per heavy atom. The number of anilines is 1. The van der Waals surface area contributed by atoms with E-state index < -0.39 is 0 Å². The fraction of sp³-hybridized carbons (Fsp3) is 0.577. The van der Waals surface area contributed by atoms with Gasteiger partial charge in [0, 0.05) is 31.6 Å². The van der Waals surface area contributed by atoms with Crippen LogP contribution in [0.15, 0.2) is 23.0 Å². The Bertz CT molecular complexity index is 1070. The molecule has 0 N–H and O–H groups in total. The van der Waals surface area contributed by atoms with Gasteiger partial charge in [0.2, 0.25) is 0 Å². The number of nitriles is 1. The average Bonchev–Trinajstić information content (AvgIpc) is 3.31. The number of rotatable bonds is 4. The Morgan fingerprint density at radius 2 is 2.00 bits per heavy atom. The third-order valence-electron chi connectivity index (χ3n) is 6.81. The lowest BCUT2D eigenvalue weighted by atomic mass is 9.86. The highest BCUT2D eigenvalue weighted by Crippen LogP contribution is 2.38. The summed E-state index contributed by atoms with van der Waals surface area (Å²) in [4.78, 5) is 22.3. The molecular weight excluding hydrogens is 416 g/mol. The Kier molecular flexibility index (Phi) is 6.24. The van der Waals surface area contributed by atoms with Gasteiger partial charge in [-0.3, -0.25) is 4.79 Å². The first-order chi connectivity index (χ1) is 15.6. The number of carbonyl (C=O) groups excluding carboxylic acids is 1. The molecule has 0 saturated carbocycles. The predicted octanol–water partition coefficient (Wildman–Crippen LogP) is 4.51. The van der Waals surface area contributed by atoms with Crippen LogP contribution in [0.2, 0.25) is 0 Å². The molecule has 0 aliphatic carbocycles. The number of pyridine rings is 1. The molecule has 2 aliphatic rings. The summed E-state index contributed by atoms with van der Waals surface area (Å²) < 4.78 is 11.2. The molecule has 1 saturated heterocycles. The van der Waals surface area contributed by atoms with Crippen LogP contribution in [0.5, 0.6) is 0 Å². The quantitative estimate of drug-likeness (QED) is 0.682. The van der Waals surface area contributed by atoms with E-state index in [1.165, 1.54) is 12.5 Å². The second kappa shape index (κ2) is 8.83. The lowest BCUT2D eigenvalue weighted by molar-refractivity contribution is -0.0408. The first kappa shape index (κ1) is 23.3. The van der Waals surface area contributed by atoms with Gasteiger partial charge < -0.3 is 19.0 Å². The van der Waals surface area contributed by atoms with E-state index in [9.17, 15) is 10.1 Å². The van der Waals surface area contributed by atoms with Gasteiger partial charge in [-0.1, -0.05) is 27.7 Å². The molecule has 33 heavy (non-hydrogen) atoms. The van der Waals surface area contributed by atoms with Gasteiger partial charge in [0.25, 0.3) is 5.91 Å². The summed E-state index contributed by atoms with van der Waals surface area (Å²) in [6.07, 6.45) is 3.72. The van der Waals surface area contributed by atoms with E-state index >= 15 is 0 Å². The van der Waals surface area contributed by atoms with Crippen LogP contribution in [0, 0.1) is 17.2 Å². The highest BCUT2D eigenvalue weighted by atomic mass is 16.5. The molecule has 176 valence electrons. The van der Waals surface area contributed by atoms with Gasteiger partial charge in [-0.05, 0) is 37.3 Å². The monoisotopic (exact) mass is 450 g/mol. The highest BCUT2D eigenvalue weighted by Gasteiger charge is 2.37. The number of ether oxygens (including phenoxy) is 1. The van der Waals surface area contributed by atoms with E-state index in [4.69, 9.17) is 14.1 Å². The molecule has 2 aliphatic heterocycles. The van der Waals surface area contributed by atoms with Crippen molar-refractivity contribution >= 4 is 11.7 Å². The second-order valence-corrected chi connectivity index (χ2v) is 10.4. The first-order valence-corrected chi connectivity index (χ1v) is 11.8. The maximum atomic E-state index is 13.1. The molecule has 7 nitrogen and oxygen atoms in total. The third-order valence-corrected chi connectivity index (χ3v) is 6.81. The van der Waals surface area contributed by atoms with Crippen molar-refractivity contribution in [3.63, 3.8) is 0 Å². The van der Waals surface area contributed by atoms with Crippen LogP contribution in [-0.2, 0) is 17.8 Å². The number of fused-ring (bicyclic) bond motifs is 1. The predicted molar refractivity (Wildman–Crippen MR) is 126 cm³/mol. The maximum Gasteiger partial charge on any atom is 0.257 e. The van der Waals surface area contributed by atoms with E-state index in [1.54, 1.807) is 6.07 Å². The largest absolute Gasteiger partial charge is 0.472 e. The van der Waals surface area contributed by atoms with Crippen LogP contribution >= 0.6 is 0 Å². The lowest BCUT2D eigenvalue weighted by Gasteiger charge is -2.44. The minimum atomic E-state index is -0.318. The SMILES string of the molecule is CC(C)c1nc(N2CCN(C(=O)c3ccoc3)C(C(C)C)C2)c(C#N)c2c1COC(C)(C)C2. The molecule has 1 atom stereocenters. The Balaban J connectivity index is 1.73. The molecule has 4 rings (SSSR count). The molecule has 0 aromatic carbocycles. The summed E-state index contributed by atoms with van der Waals surface area (Å²) >= 11 is 0. The van der Waals surface area contributed by atoms with Gasteiger partial charge in [0.1, 0.15) is 18.2 Å². The minimum absolute atomic E-state index is 0.00722. The zero-order valence-electron chi connectivity index (χ0n) is 20.5. The van der Waals surface area contributed by atoms with Gasteiger partial charge in [-0.25, -0.2) is 4.98 Å². The van der Waals surface area contributed by atoms with Crippen molar-refractivity contribution in [2.45, 2.75) is 72.1 Å². The van der Waals surface area contributed by atoms with Crippen LogP contribution in [-0.4, -0.2) is 47.1 Å². The molecule has 0 radical (unpaired) electrons. The fourth-order valence-corrected chi connectivity index (χ4v) is 4.98. The van der Waals surface area contributed by atoms with E-state index in [0.717, 1.165) is 22.6 Å². The molecule has 1 fully saturated rings. The number of furan rings is 1. The standard InChI is InChI=1S/C26H34N4O3/c1-16(2)22-13-29(8-9-30(22)25(31)18-7-10-32-14-18)24-20(12-27)19-11-26(5,6)33-15-21(19)23(28-24)17(3)4/h7,10,14,16-17,22H,8-9,11,13,15H2,1-6H3. The summed E-state index contributed by atoms with van der Waals surface area (Å²) in [6, 6.07) is 4.19. The molecule has 4 heterocycles. The Labute approximate surface area is 196 Å². The number of hydrogen-bond acceptors (Lipinski definition) is 6. The van der Waals surface area contributed by atoms with Crippen molar-refractivity contribution in [1.82, 2.24) is 9.88 Å². The van der Waals surface area contributed by atoms with Gasteiger partial charge in [0.15, 0.2) is 0 Å². The number of nitrogens with zero attached hydrogens (tertiary/aromatic N) is 4. The molecule has 2 aromatic rings. The van der Waals surface area contributed by atoms with Crippen LogP contribution in [0.1, 0.15) is 80.2 Å². The van der Waals surface area contributed by atoms with Gasteiger partial charge in [0.05, 0.1) is 41.3 Å². The van der Waals surface area contributed by atoms with Crippen molar-refractivity contribution in [2.75, 3.05) is 24.5 Å². The van der Waals surface area contributed by atoms with E-state index in [0.29, 0.717) is 43.8 Å². The number of amides is 1. The molecule has 7 heteroatoms. The second-order valence-electron chi connectivity index (χ2n) is 10.4. The first-order valence-electron chi connectivity index (χ1n) is 11.8. The molecular formula is C26H34N4O3. The summed E-state index contributed by atoms with van der Waals surface area (Å²) in [5.41, 5.74) is 4.06. The summed E-state index contributed by atoms with van der Waals surface area (Å²) in [6.45, 7) is 15.0.